The second-order valence-corrected chi connectivity index (χ2v) is 7.25. The summed E-state index contributed by atoms with van der Waals surface area (Å²) >= 11 is 6.25. The highest BCUT2D eigenvalue weighted by molar-refractivity contribution is 6.31. The SMILES string of the molecule is COc1ccc(C#Cn2c3c(c4cc(Cl)ccc42)CCN(C)CC3)cc1F. The van der Waals surface area contributed by atoms with Crippen molar-refractivity contribution in [2.75, 3.05) is 27.2 Å². The molecule has 0 bridgehead atoms. The maximum Gasteiger partial charge on any atom is 0.166 e. The average molecular weight is 383 g/mol. The molecule has 5 heteroatoms. The van der Waals surface area contributed by atoms with Crippen molar-refractivity contribution >= 4 is 22.5 Å². The van der Waals surface area contributed by atoms with E-state index in [2.05, 4.69) is 23.9 Å². The third-order valence-corrected chi connectivity index (χ3v) is 5.32. The van der Waals surface area contributed by atoms with Crippen molar-refractivity contribution in [1.82, 2.24) is 9.47 Å². The van der Waals surface area contributed by atoms with Gasteiger partial charge in [0.05, 0.1) is 12.6 Å². The van der Waals surface area contributed by atoms with E-state index in [9.17, 15) is 4.39 Å². The van der Waals surface area contributed by atoms with Crippen LogP contribution >= 0.6 is 11.6 Å². The van der Waals surface area contributed by atoms with Crippen LogP contribution in [0, 0.1) is 17.8 Å². The number of benzene rings is 2. The summed E-state index contributed by atoms with van der Waals surface area (Å²) in [5, 5.41) is 1.88. The van der Waals surface area contributed by atoms with E-state index in [1.807, 2.05) is 22.8 Å². The van der Waals surface area contributed by atoms with Gasteiger partial charge in [0, 0.05) is 47.2 Å². The molecule has 1 aromatic heterocycles. The zero-order valence-corrected chi connectivity index (χ0v) is 16.1. The first-order valence-corrected chi connectivity index (χ1v) is 9.30. The van der Waals surface area contributed by atoms with Crippen molar-refractivity contribution in [2.24, 2.45) is 0 Å². The minimum absolute atomic E-state index is 0.221. The Morgan fingerprint density at radius 1 is 1.11 bits per heavy atom. The zero-order valence-electron chi connectivity index (χ0n) is 15.4. The van der Waals surface area contributed by atoms with Crippen LogP contribution in [0.2, 0.25) is 5.02 Å². The molecular formula is C22H20ClFN2O. The summed E-state index contributed by atoms with van der Waals surface area (Å²) in [6.07, 6.45) is 1.89. The van der Waals surface area contributed by atoms with Crippen molar-refractivity contribution in [3.8, 4) is 17.7 Å². The molecule has 1 aliphatic heterocycles. The number of hydrogen-bond acceptors (Lipinski definition) is 2. The van der Waals surface area contributed by atoms with Gasteiger partial charge in [0.1, 0.15) is 0 Å². The van der Waals surface area contributed by atoms with Crippen molar-refractivity contribution < 1.29 is 9.13 Å². The van der Waals surface area contributed by atoms with Crippen LogP contribution in [0.15, 0.2) is 36.4 Å². The molecule has 0 spiro atoms. The lowest BCUT2D eigenvalue weighted by Crippen LogP contribution is -2.21. The van der Waals surface area contributed by atoms with Gasteiger partial charge in [-0.15, -0.1) is 0 Å². The fraction of sp³-hybridized carbons (Fsp3) is 0.273. The third kappa shape index (κ3) is 3.41. The summed E-state index contributed by atoms with van der Waals surface area (Å²) in [5.41, 5.74) is 4.20. The molecule has 0 saturated carbocycles. The van der Waals surface area contributed by atoms with Crippen LogP contribution in [-0.2, 0) is 12.8 Å². The second kappa shape index (κ2) is 7.26. The molecule has 27 heavy (non-hydrogen) atoms. The van der Waals surface area contributed by atoms with Gasteiger partial charge in [0.15, 0.2) is 11.6 Å². The molecule has 138 valence electrons. The van der Waals surface area contributed by atoms with Crippen LogP contribution in [0.3, 0.4) is 0 Å². The van der Waals surface area contributed by atoms with Gasteiger partial charge < -0.3 is 9.64 Å². The Balaban J connectivity index is 1.84. The molecule has 0 N–H and O–H groups in total. The van der Waals surface area contributed by atoms with E-state index in [1.54, 1.807) is 12.1 Å². The van der Waals surface area contributed by atoms with Crippen molar-refractivity contribution in [3.63, 3.8) is 0 Å². The number of hydrogen-bond donors (Lipinski definition) is 0. The maximum atomic E-state index is 14.0. The zero-order chi connectivity index (χ0) is 19.0. The lowest BCUT2D eigenvalue weighted by atomic mass is 10.1. The lowest BCUT2D eigenvalue weighted by Gasteiger charge is -2.12. The Morgan fingerprint density at radius 2 is 1.93 bits per heavy atom. The summed E-state index contributed by atoms with van der Waals surface area (Å²) in [5.74, 6) is 2.91. The molecule has 0 aliphatic carbocycles. The Labute approximate surface area is 163 Å². The van der Waals surface area contributed by atoms with Crippen molar-refractivity contribution in [3.05, 3.63) is 64.1 Å². The molecule has 4 rings (SSSR count). The van der Waals surface area contributed by atoms with Crippen LogP contribution < -0.4 is 4.74 Å². The van der Waals surface area contributed by atoms with Crippen LogP contribution in [0.5, 0.6) is 5.75 Å². The van der Waals surface area contributed by atoms with Gasteiger partial charge in [-0.2, -0.15) is 0 Å². The number of likely N-dealkylation sites (N-methyl/N-ethyl adjacent to an activating group) is 1. The van der Waals surface area contributed by atoms with E-state index in [0.29, 0.717) is 5.56 Å². The second-order valence-electron chi connectivity index (χ2n) is 6.81. The Morgan fingerprint density at radius 3 is 2.70 bits per heavy atom. The van der Waals surface area contributed by atoms with Crippen LogP contribution in [-0.4, -0.2) is 36.7 Å². The van der Waals surface area contributed by atoms with Crippen LogP contribution in [0.4, 0.5) is 4.39 Å². The number of fused-ring (bicyclic) bond motifs is 3. The number of halogens is 2. The maximum absolute atomic E-state index is 14.0. The molecule has 0 atom stereocenters. The van der Waals surface area contributed by atoms with Gasteiger partial charge in [-0.25, -0.2) is 4.39 Å². The number of methoxy groups -OCH3 is 1. The minimum atomic E-state index is -0.408. The molecule has 0 radical (unpaired) electrons. The monoisotopic (exact) mass is 382 g/mol. The minimum Gasteiger partial charge on any atom is -0.494 e. The highest BCUT2D eigenvalue weighted by Crippen LogP contribution is 2.30. The Hall–Kier alpha value is -2.48. The summed E-state index contributed by atoms with van der Waals surface area (Å²) in [6, 6.07) is 13.9. The molecule has 0 fully saturated rings. The van der Waals surface area contributed by atoms with Gasteiger partial charge in [0.25, 0.3) is 0 Å². The van der Waals surface area contributed by atoms with E-state index in [-0.39, 0.29) is 5.75 Å². The predicted octanol–water partition coefficient (Wildman–Crippen LogP) is 4.33. The summed E-state index contributed by atoms with van der Waals surface area (Å²) < 4.78 is 21.0. The molecule has 3 aromatic rings. The lowest BCUT2D eigenvalue weighted by molar-refractivity contribution is 0.351. The molecule has 0 amide bonds. The molecular weight excluding hydrogens is 363 g/mol. The molecule has 0 saturated heterocycles. The first-order chi connectivity index (χ1) is 13.1. The number of rotatable bonds is 1. The number of nitrogens with zero attached hydrogens (tertiary/aromatic N) is 2. The van der Waals surface area contributed by atoms with E-state index < -0.39 is 5.82 Å². The molecule has 2 aromatic carbocycles. The van der Waals surface area contributed by atoms with Gasteiger partial charge >= 0.3 is 0 Å². The van der Waals surface area contributed by atoms with E-state index in [1.165, 1.54) is 24.4 Å². The van der Waals surface area contributed by atoms with Gasteiger partial charge in [-0.3, -0.25) is 4.57 Å². The first kappa shape index (κ1) is 17.9. The Kier molecular flexibility index (Phi) is 4.82. The van der Waals surface area contributed by atoms with Gasteiger partial charge in [0.2, 0.25) is 0 Å². The topological polar surface area (TPSA) is 17.4 Å². The quantitative estimate of drug-likeness (QED) is 0.583. The van der Waals surface area contributed by atoms with E-state index in [0.717, 1.165) is 41.9 Å². The van der Waals surface area contributed by atoms with Crippen LogP contribution in [0.1, 0.15) is 16.8 Å². The largest absolute Gasteiger partial charge is 0.494 e. The number of aromatic nitrogens is 1. The molecule has 0 unspecified atom stereocenters. The van der Waals surface area contributed by atoms with Crippen molar-refractivity contribution in [2.45, 2.75) is 12.8 Å². The number of ether oxygens (including phenoxy) is 1. The highest BCUT2D eigenvalue weighted by Gasteiger charge is 2.20. The van der Waals surface area contributed by atoms with Crippen LogP contribution in [0.25, 0.3) is 10.9 Å². The smallest absolute Gasteiger partial charge is 0.166 e. The van der Waals surface area contributed by atoms with Crippen molar-refractivity contribution in [1.29, 1.82) is 0 Å². The fourth-order valence-corrected chi connectivity index (χ4v) is 3.80. The summed E-state index contributed by atoms with van der Waals surface area (Å²) in [6.45, 7) is 1.99. The predicted molar refractivity (Wildman–Crippen MR) is 107 cm³/mol. The molecule has 2 heterocycles. The molecule has 1 aliphatic rings. The van der Waals surface area contributed by atoms with E-state index >= 15 is 0 Å². The fourth-order valence-electron chi connectivity index (χ4n) is 3.63. The molecule has 3 nitrogen and oxygen atoms in total. The normalized spacial score (nSPS) is 14.4. The average Bonchev–Trinajstić information content (AvgIpc) is 2.80. The summed E-state index contributed by atoms with van der Waals surface area (Å²) in [7, 11) is 3.59. The highest BCUT2D eigenvalue weighted by atomic mass is 35.5. The first-order valence-electron chi connectivity index (χ1n) is 8.92. The summed E-state index contributed by atoms with van der Waals surface area (Å²) in [4.78, 5) is 2.33. The standard InChI is InChI=1S/C22H20ClFN2O/c1-25-10-8-17-18-14-16(23)4-5-20(18)26(21(17)9-11-25)12-7-15-3-6-22(27-2)19(24)13-15/h3-6,13-14H,8-11H2,1-2H3. The van der Waals surface area contributed by atoms with Gasteiger partial charge in [-0.1, -0.05) is 11.6 Å². The van der Waals surface area contributed by atoms with Gasteiger partial charge in [-0.05, 0) is 61.4 Å². The Bertz CT molecular complexity index is 1080. The van der Waals surface area contributed by atoms with E-state index in [4.69, 9.17) is 16.3 Å². The third-order valence-electron chi connectivity index (χ3n) is 5.08.